The predicted octanol–water partition coefficient (Wildman–Crippen LogP) is 3.13. The Morgan fingerprint density at radius 2 is 2.06 bits per heavy atom. The fourth-order valence-electron chi connectivity index (χ4n) is 1.59. The number of benzene rings is 1. The Morgan fingerprint density at radius 3 is 2.61 bits per heavy atom. The van der Waals surface area contributed by atoms with E-state index in [1.54, 1.807) is 24.9 Å². The summed E-state index contributed by atoms with van der Waals surface area (Å²) in [6, 6.07) is 5.29. The molecule has 0 spiro atoms. The summed E-state index contributed by atoms with van der Waals surface area (Å²) in [4.78, 5) is 0.368. The van der Waals surface area contributed by atoms with E-state index in [1.165, 1.54) is 4.31 Å². The van der Waals surface area contributed by atoms with Crippen LogP contribution in [-0.2, 0) is 10.0 Å². The number of sulfonamides is 1. The number of nitrogens with zero attached hydrogens (tertiary/aromatic N) is 1. The minimum absolute atomic E-state index is 0.0246. The summed E-state index contributed by atoms with van der Waals surface area (Å²) in [6.45, 7) is 3.73. The monoisotopic (exact) mass is 351 g/mol. The Hall–Kier alpha value is -0.0400. The van der Waals surface area contributed by atoms with Crippen LogP contribution in [0.3, 0.4) is 0 Å². The van der Waals surface area contributed by atoms with E-state index in [4.69, 9.17) is 0 Å². The lowest BCUT2D eigenvalue weighted by Gasteiger charge is -2.24. The van der Waals surface area contributed by atoms with Crippen molar-refractivity contribution in [2.45, 2.75) is 24.8 Å². The van der Waals surface area contributed by atoms with E-state index in [-0.39, 0.29) is 6.04 Å². The van der Waals surface area contributed by atoms with Crippen LogP contribution < -0.4 is 0 Å². The van der Waals surface area contributed by atoms with Crippen molar-refractivity contribution in [3.8, 4) is 0 Å². The van der Waals surface area contributed by atoms with Crippen LogP contribution in [0.15, 0.2) is 27.6 Å². The molecule has 0 heterocycles. The highest BCUT2D eigenvalue weighted by Gasteiger charge is 2.26. The fourth-order valence-corrected chi connectivity index (χ4v) is 4.51. The molecule has 0 saturated heterocycles. The number of halogens is 1. The molecule has 18 heavy (non-hydrogen) atoms. The quantitative estimate of drug-likeness (QED) is 0.817. The van der Waals surface area contributed by atoms with Crippen molar-refractivity contribution in [1.29, 1.82) is 0 Å². The Balaban J connectivity index is 3.17. The van der Waals surface area contributed by atoms with E-state index in [0.29, 0.717) is 4.90 Å². The molecule has 1 rings (SSSR count). The molecular weight excluding hydrogens is 334 g/mol. The molecule has 0 radical (unpaired) electrons. The summed E-state index contributed by atoms with van der Waals surface area (Å²) in [5, 5.41) is 0. The van der Waals surface area contributed by atoms with Gasteiger partial charge in [0.1, 0.15) is 0 Å². The van der Waals surface area contributed by atoms with Gasteiger partial charge in [-0.05, 0) is 37.8 Å². The van der Waals surface area contributed by atoms with Crippen LogP contribution >= 0.6 is 27.7 Å². The molecule has 0 aliphatic rings. The van der Waals surface area contributed by atoms with Crippen LogP contribution in [0.25, 0.3) is 0 Å². The van der Waals surface area contributed by atoms with Gasteiger partial charge in [-0.15, -0.1) is 0 Å². The molecule has 0 aromatic heterocycles. The first-order chi connectivity index (χ1) is 8.30. The smallest absolute Gasteiger partial charge is 0.207 e. The van der Waals surface area contributed by atoms with Gasteiger partial charge in [0.15, 0.2) is 0 Å². The van der Waals surface area contributed by atoms with E-state index in [9.17, 15) is 8.42 Å². The van der Waals surface area contributed by atoms with Crippen molar-refractivity contribution in [1.82, 2.24) is 4.31 Å². The highest BCUT2D eigenvalue weighted by molar-refractivity contribution is 9.10. The van der Waals surface area contributed by atoms with Gasteiger partial charge in [-0.3, -0.25) is 0 Å². The van der Waals surface area contributed by atoms with Crippen molar-refractivity contribution < 1.29 is 8.42 Å². The van der Waals surface area contributed by atoms with Gasteiger partial charge in [0, 0.05) is 23.3 Å². The summed E-state index contributed by atoms with van der Waals surface area (Å²) in [5.41, 5.74) is 0.765. The average molecular weight is 352 g/mol. The second-order valence-corrected chi connectivity index (χ2v) is 8.03. The van der Waals surface area contributed by atoms with Crippen LogP contribution in [0.1, 0.15) is 12.5 Å². The molecule has 1 aromatic rings. The fraction of sp³-hybridized carbons (Fsp3) is 0.500. The van der Waals surface area contributed by atoms with E-state index >= 15 is 0 Å². The van der Waals surface area contributed by atoms with E-state index in [2.05, 4.69) is 15.9 Å². The molecule has 0 fully saturated rings. The normalized spacial score (nSPS) is 13.9. The zero-order valence-electron chi connectivity index (χ0n) is 11.0. The van der Waals surface area contributed by atoms with E-state index < -0.39 is 10.0 Å². The van der Waals surface area contributed by atoms with Crippen LogP contribution in [0.5, 0.6) is 0 Å². The number of rotatable bonds is 5. The average Bonchev–Trinajstić information content (AvgIpc) is 2.31. The first-order valence-corrected chi connectivity index (χ1v) is 9.16. The topological polar surface area (TPSA) is 37.4 Å². The molecule has 0 saturated carbocycles. The Kier molecular flexibility index (Phi) is 5.70. The lowest BCUT2D eigenvalue weighted by Crippen LogP contribution is -2.36. The first kappa shape index (κ1) is 16.0. The Bertz CT molecular complexity index is 517. The third kappa shape index (κ3) is 3.50. The van der Waals surface area contributed by atoms with E-state index in [0.717, 1.165) is 15.8 Å². The summed E-state index contributed by atoms with van der Waals surface area (Å²) in [5.74, 6) is 0.781. The molecule has 0 bridgehead atoms. The highest BCUT2D eigenvalue weighted by Crippen LogP contribution is 2.24. The first-order valence-electron chi connectivity index (χ1n) is 5.53. The van der Waals surface area contributed by atoms with Gasteiger partial charge in [0.05, 0.1) is 4.90 Å². The number of aryl methyl sites for hydroxylation is 1. The lowest BCUT2D eigenvalue weighted by molar-refractivity contribution is 0.415. The standard InChI is InChI=1S/C12H18BrNO2S2/c1-9-5-6-11(13)7-12(9)18(15,16)14(3)10(2)8-17-4/h5-7,10H,8H2,1-4H3. The summed E-state index contributed by atoms with van der Waals surface area (Å²) in [7, 11) is -1.79. The molecule has 0 N–H and O–H groups in total. The molecule has 1 aromatic carbocycles. The summed E-state index contributed by atoms with van der Waals surface area (Å²) < 4.78 is 27.3. The van der Waals surface area contributed by atoms with Crippen LogP contribution in [-0.4, -0.2) is 37.8 Å². The number of hydrogen-bond donors (Lipinski definition) is 0. The molecule has 1 unspecified atom stereocenters. The molecule has 102 valence electrons. The maximum absolute atomic E-state index is 12.5. The van der Waals surface area contributed by atoms with E-state index in [1.807, 2.05) is 32.2 Å². The molecular formula is C12H18BrNO2S2. The van der Waals surface area contributed by atoms with Crippen LogP contribution in [0.2, 0.25) is 0 Å². The van der Waals surface area contributed by atoms with Crippen LogP contribution in [0, 0.1) is 6.92 Å². The van der Waals surface area contributed by atoms with Gasteiger partial charge < -0.3 is 0 Å². The Labute approximate surface area is 122 Å². The van der Waals surface area contributed by atoms with Gasteiger partial charge in [-0.2, -0.15) is 16.1 Å². The van der Waals surface area contributed by atoms with Gasteiger partial charge in [0.25, 0.3) is 0 Å². The van der Waals surface area contributed by atoms with Crippen molar-refractivity contribution in [3.63, 3.8) is 0 Å². The maximum atomic E-state index is 12.5. The highest BCUT2D eigenvalue weighted by atomic mass is 79.9. The van der Waals surface area contributed by atoms with Crippen molar-refractivity contribution in [2.75, 3.05) is 19.1 Å². The second kappa shape index (κ2) is 6.41. The SMILES string of the molecule is CSCC(C)N(C)S(=O)(=O)c1cc(Br)ccc1C. The summed E-state index contributed by atoms with van der Waals surface area (Å²) in [6.07, 6.45) is 1.97. The molecule has 0 amide bonds. The van der Waals surface area contributed by atoms with Crippen LogP contribution in [0.4, 0.5) is 0 Å². The molecule has 3 nitrogen and oxygen atoms in total. The third-order valence-electron chi connectivity index (χ3n) is 2.84. The lowest BCUT2D eigenvalue weighted by atomic mass is 10.2. The number of hydrogen-bond acceptors (Lipinski definition) is 3. The third-order valence-corrected chi connectivity index (χ3v) is 6.26. The predicted molar refractivity (Wildman–Crippen MR) is 81.7 cm³/mol. The largest absolute Gasteiger partial charge is 0.243 e. The molecule has 6 heteroatoms. The zero-order chi connectivity index (χ0) is 13.9. The van der Waals surface area contributed by atoms with Crippen molar-refractivity contribution in [2.24, 2.45) is 0 Å². The van der Waals surface area contributed by atoms with Crippen molar-refractivity contribution in [3.05, 3.63) is 28.2 Å². The maximum Gasteiger partial charge on any atom is 0.243 e. The molecule has 1 atom stereocenters. The molecule has 0 aliphatic carbocycles. The second-order valence-electron chi connectivity index (χ2n) is 4.24. The van der Waals surface area contributed by atoms with Crippen molar-refractivity contribution >= 4 is 37.7 Å². The summed E-state index contributed by atoms with van der Waals surface area (Å²) >= 11 is 4.96. The zero-order valence-corrected chi connectivity index (χ0v) is 14.2. The van der Waals surface area contributed by atoms with Gasteiger partial charge in [-0.25, -0.2) is 8.42 Å². The number of thioether (sulfide) groups is 1. The molecule has 0 aliphatic heterocycles. The minimum atomic E-state index is -3.42. The van der Waals surface area contributed by atoms with Gasteiger partial charge >= 0.3 is 0 Å². The Morgan fingerprint density at radius 1 is 1.44 bits per heavy atom. The van der Waals surface area contributed by atoms with Gasteiger partial charge in [-0.1, -0.05) is 22.0 Å². The van der Waals surface area contributed by atoms with Gasteiger partial charge in [0.2, 0.25) is 10.0 Å². The minimum Gasteiger partial charge on any atom is -0.207 e.